The zero-order valence-corrected chi connectivity index (χ0v) is 8.05. The normalized spacial score (nSPS) is 11.0. The number of amides is 1. The van der Waals surface area contributed by atoms with Crippen LogP contribution in [-0.4, -0.2) is 19.2 Å². The maximum atomic E-state index is 10.5. The second-order valence-corrected chi connectivity index (χ2v) is 2.71. The van der Waals surface area contributed by atoms with Gasteiger partial charge in [0.1, 0.15) is 0 Å². The van der Waals surface area contributed by atoms with Crippen LogP contribution in [0.5, 0.6) is 0 Å². The van der Waals surface area contributed by atoms with Crippen LogP contribution in [0.25, 0.3) is 0 Å². The highest BCUT2D eigenvalue weighted by Gasteiger charge is 1.97. The number of carbonyl (C=O) groups is 1. The molecule has 0 atom stereocenters. The minimum absolute atomic E-state index is 0.315. The van der Waals surface area contributed by atoms with Crippen LogP contribution in [0.4, 0.5) is 0 Å². The van der Waals surface area contributed by atoms with Gasteiger partial charge in [0.05, 0.1) is 5.70 Å². The topological polar surface area (TPSA) is 67.5 Å². The number of nitrogens with two attached hydrogens (primary N) is 1. The van der Waals surface area contributed by atoms with Crippen LogP contribution in [-0.2, 0) is 4.79 Å². The average Bonchev–Trinajstić information content (AvgIpc) is 2.10. The van der Waals surface area contributed by atoms with E-state index in [1.54, 1.807) is 6.20 Å². The van der Waals surface area contributed by atoms with Gasteiger partial charge >= 0.3 is 0 Å². The lowest BCUT2D eigenvalue weighted by molar-refractivity contribution is -0.117. The number of hydrogen-bond acceptors (Lipinski definition) is 3. The maximum Gasteiger partial charge on any atom is 0.217 e. The number of carbonyl (C=O) groups excluding carboxylic acids is 1. The molecule has 0 bridgehead atoms. The first kappa shape index (κ1) is 11.7. The van der Waals surface area contributed by atoms with Crippen LogP contribution < -0.4 is 11.1 Å². The third kappa shape index (κ3) is 7.05. The number of rotatable bonds is 7. The molecule has 0 aromatic rings. The number of allylic oxidation sites excluding steroid dienone is 1. The van der Waals surface area contributed by atoms with Gasteiger partial charge < -0.3 is 11.1 Å². The third-order valence-corrected chi connectivity index (χ3v) is 1.49. The summed E-state index contributed by atoms with van der Waals surface area (Å²) >= 11 is 0. The summed E-state index contributed by atoms with van der Waals surface area (Å²) in [5.41, 5.74) is 5.77. The van der Waals surface area contributed by atoms with Crippen molar-refractivity contribution in [2.24, 2.45) is 10.7 Å². The van der Waals surface area contributed by atoms with Crippen LogP contribution in [0, 0.1) is 0 Å². The molecule has 0 unspecified atom stereocenters. The molecule has 0 saturated carbocycles. The van der Waals surface area contributed by atoms with Crippen molar-refractivity contribution in [3.8, 4) is 0 Å². The van der Waals surface area contributed by atoms with Crippen molar-refractivity contribution in [1.82, 2.24) is 5.32 Å². The molecule has 0 aliphatic heterocycles. The molecule has 1 amide bonds. The van der Waals surface area contributed by atoms with E-state index in [9.17, 15) is 4.79 Å². The highest BCUT2D eigenvalue weighted by Crippen LogP contribution is 2.03. The van der Waals surface area contributed by atoms with Crippen molar-refractivity contribution in [1.29, 1.82) is 0 Å². The predicted molar refractivity (Wildman–Crippen MR) is 54.4 cm³/mol. The molecule has 13 heavy (non-hydrogen) atoms. The molecule has 0 saturated heterocycles. The molecular weight excluding hydrogens is 166 g/mol. The van der Waals surface area contributed by atoms with Crippen molar-refractivity contribution in [3.63, 3.8) is 0 Å². The van der Waals surface area contributed by atoms with E-state index in [0.29, 0.717) is 12.8 Å². The van der Waals surface area contributed by atoms with Gasteiger partial charge in [-0.2, -0.15) is 0 Å². The fraction of sp³-hybridized carbons (Fsp3) is 0.556. The largest absolute Gasteiger partial charge is 0.389 e. The summed E-state index contributed by atoms with van der Waals surface area (Å²) in [6.07, 6.45) is 3.70. The number of nitrogens with zero attached hydrogens (tertiary/aromatic N) is 1. The van der Waals surface area contributed by atoms with E-state index in [4.69, 9.17) is 5.73 Å². The Morgan fingerprint density at radius 1 is 1.62 bits per heavy atom. The maximum absolute atomic E-state index is 10.5. The van der Waals surface area contributed by atoms with Crippen molar-refractivity contribution in [3.05, 3.63) is 11.9 Å². The Labute approximate surface area is 78.9 Å². The summed E-state index contributed by atoms with van der Waals surface area (Å²) in [5, 5.41) is 3.06. The van der Waals surface area contributed by atoms with Crippen LogP contribution >= 0.6 is 0 Å². The SMILES string of the molecule is C=N/C(=C\NCCC)CCC(N)=O. The Bertz CT molecular complexity index is 199. The Hall–Kier alpha value is -1.32. The Morgan fingerprint density at radius 2 is 2.31 bits per heavy atom. The van der Waals surface area contributed by atoms with Gasteiger partial charge in [-0.1, -0.05) is 6.92 Å². The summed E-state index contributed by atoms with van der Waals surface area (Å²) in [6.45, 7) is 6.38. The van der Waals surface area contributed by atoms with Crippen LogP contribution in [0.15, 0.2) is 16.9 Å². The van der Waals surface area contributed by atoms with E-state index in [-0.39, 0.29) is 5.91 Å². The molecule has 0 aromatic carbocycles. The summed E-state index contributed by atoms with van der Waals surface area (Å²) < 4.78 is 0. The van der Waals surface area contributed by atoms with E-state index in [2.05, 4.69) is 24.0 Å². The molecule has 0 radical (unpaired) electrons. The standard InChI is InChI=1S/C9H17N3O/c1-3-6-12-7-8(11-2)4-5-9(10)13/h7,12H,2-6H2,1H3,(H2,10,13)/b8-7-. The molecule has 74 valence electrons. The molecule has 0 heterocycles. The molecule has 0 fully saturated rings. The highest BCUT2D eigenvalue weighted by atomic mass is 16.1. The van der Waals surface area contributed by atoms with Gasteiger partial charge in [-0.3, -0.25) is 9.79 Å². The third-order valence-electron chi connectivity index (χ3n) is 1.49. The summed E-state index contributed by atoms with van der Waals surface area (Å²) in [4.78, 5) is 14.2. The second-order valence-electron chi connectivity index (χ2n) is 2.71. The average molecular weight is 183 g/mol. The van der Waals surface area contributed by atoms with Gasteiger partial charge in [0.25, 0.3) is 0 Å². The highest BCUT2D eigenvalue weighted by molar-refractivity contribution is 5.73. The van der Waals surface area contributed by atoms with Crippen molar-refractivity contribution >= 4 is 12.6 Å². The zero-order chi connectivity index (χ0) is 10.1. The zero-order valence-electron chi connectivity index (χ0n) is 8.05. The minimum atomic E-state index is -0.315. The molecule has 3 N–H and O–H groups in total. The van der Waals surface area contributed by atoms with Gasteiger partial charge in [-0.25, -0.2) is 0 Å². The van der Waals surface area contributed by atoms with E-state index in [1.165, 1.54) is 0 Å². The fourth-order valence-electron chi connectivity index (χ4n) is 0.782. The van der Waals surface area contributed by atoms with E-state index in [1.807, 2.05) is 0 Å². The molecule has 4 nitrogen and oxygen atoms in total. The summed E-state index contributed by atoms with van der Waals surface area (Å²) in [6, 6.07) is 0. The quantitative estimate of drug-likeness (QED) is 0.452. The predicted octanol–water partition coefficient (Wildman–Crippen LogP) is 0.793. The molecule has 0 aromatic heterocycles. The van der Waals surface area contributed by atoms with Gasteiger partial charge in [-0.05, 0) is 19.6 Å². The van der Waals surface area contributed by atoms with Crippen molar-refractivity contribution in [2.45, 2.75) is 26.2 Å². The van der Waals surface area contributed by atoms with Gasteiger partial charge in [0.15, 0.2) is 0 Å². The minimum Gasteiger partial charge on any atom is -0.389 e. The first-order valence-corrected chi connectivity index (χ1v) is 4.38. The first-order chi connectivity index (χ1) is 6.20. The lowest BCUT2D eigenvalue weighted by atomic mass is 10.2. The number of nitrogens with one attached hydrogen (secondary N) is 1. The first-order valence-electron chi connectivity index (χ1n) is 4.38. The Kier molecular flexibility index (Phi) is 6.59. The van der Waals surface area contributed by atoms with Gasteiger partial charge in [-0.15, -0.1) is 0 Å². The van der Waals surface area contributed by atoms with Crippen molar-refractivity contribution in [2.75, 3.05) is 6.54 Å². The van der Waals surface area contributed by atoms with Crippen LogP contribution in [0.3, 0.4) is 0 Å². The molecule has 0 aliphatic carbocycles. The molecular formula is C9H17N3O. The second kappa shape index (κ2) is 7.34. The summed E-state index contributed by atoms with van der Waals surface area (Å²) in [7, 11) is 0. The van der Waals surface area contributed by atoms with E-state index < -0.39 is 0 Å². The molecule has 4 heteroatoms. The lowest BCUT2D eigenvalue weighted by Crippen LogP contribution is -2.11. The van der Waals surface area contributed by atoms with Gasteiger partial charge in [0.2, 0.25) is 5.91 Å². The van der Waals surface area contributed by atoms with Crippen LogP contribution in [0.2, 0.25) is 0 Å². The molecule has 0 aliphatic rings. The Balaban J connectivity index is 3.79. The fourth-order valence-corrected chi connectivity index (χ4v) is 0.782. The summed E-state index contributed by atoms with van der Waals surface area (Å²) in [5.74, 6) is -0.315. The monoisotopic (exact) mass is 183 g/mol. The molecule has 0 rings (SSSR count). The van der Waals surface area contributed by atoms with E-state index in [0.717, 1.165) is 18.7 Å². The molecule has 0 spiro atoms. The number of hydrogen-bond donors (Lipinski definition) is 2. The smallest absolute Gasteiger partial charge is 0.217 e. The van der Waals surface area contributed by atoms with Gasteiger partial charge in [0, 0.05) is 19.2 Å². The van der Waals surface area contributed by atoms with Crippen LogP contribution in [0.1, 0.15) is 26.2 Å². The van der Waals surface area contributed by atoms with E-state index >= 15 is 0 Å². The van der Waals surface area contributed by atoms with Crippen molar-refractivity contribution < 1.29 is 4.79 Å². The number of primary amides is 1. The Morgan fingerprint density at radius 3 is 2.77 bits per heavy atom. The lowest BCUT2D eigenvalue weighted by Gasteiger charge is -2.01. The number of aliphatic imine (C=N–C) groups is 1.